The van der Waals surface area contributed by atoms with Crippen LogP contribution in [-0.4, -0.2) is 17.0 Å². The van der Waals surface area contributed by atoms with Crippen molar-refractivity contribution in [3.05, 3.63) is 63.6 Å². The van der Waals surface area contributed by atoms with Gasteiger partial charge in [0, 0.05) is 5.69 Å². The van der Waals surface area contributed by atoms with Gasteiger partial charge in [-0.15, -0.1) is 0 Å². The highest BCUT2D eigenvalue weighted by molar-refractivity contribution is 7.80. The maximum Gasteiger partial charge on any atom is 0.258 e. The molecule has 0 aliphatic carbocycles. The summed E-state index contributed by atoms with van der Waals surface area (Å²) in [5.74, 6) is -1.85. The van der Waals surface area contributed by atoms with Crippen LogP contribution in [0.25, 0.3) is 0 Å². The Balaban J connectivity index is 2.07. The van der Waals surface area contributed by atoms with Crippen molar-refractivity contribution < 1.29 is 14.7 Å². The molecular weight excluding hydrogens is 359 g/mol. The summed E-state index contributed by atoms with van der Waals surface area (Å²) in [4.78, 5) is 22.9. The summed E-state index contributed by atoms with van der Waals surface area (Å²) in [6.45, 7) is 0. The van der Waals surface area contributed by atoms with E-state index in [2.05, 4.69) is 10.6 Å². The number of hydrogen-bond donors (Lipinski definition) is 2. The summed E-state index contributed by atoms with van der Waals surface area (Å²) in [6.07, 6.45) is 0. The molecule has 5 nitrogen and oxygen atoms in total. The van der Waals surface area contributed by atoms with Crippen molar-refractivity contribution in [1.82, 2.24) is 5.32 Å². The lowest BCUT2D eigenvalue weighted by molar-refractivity contribution is -0.255. The summed E-state index contributed by atoms with van der Waals surface area (Å²) in [5, 5.41) is 16.3. The Hall–Kier alpha value is -2.15. The minimum atomic E-state index is -1.31. The molecule has 0 saturated heterocycles. The summed E-state index contributed by atoms with van der Waals surface area (Å²) in [7, 11) is 0. The van der Waals surface area contributed by atoms with Gasteiger partial charge in [0.05, 0.1) is 21.6 Å². The maximum atomic E-state index is 12.1. The Morgan fingerprint density at radius 2 is 1.78 bits per heavy atom. The van der Waals surface area contributed by atoms with Crippen LogP contribution in [0.1, 0.15) is 20.7 Å². The number of amides is 1. The number of hydrogen-bond acceptors (Lipinski definition) is 4. The second-order valence-corrected chi connectivity index (χ2v) is 5.57. The molecule has 0 saturated carbocycles. The number of benzene rings is 2. The van der Waals surface area contributed by atoms with E-state index in [1.165, 1.54) is 24.3 Å². The zero-order chi connectivity index (χ0) is 17.0. The van der Waals surface area contributed by atoms with Gasteiger partial charge in [-0.1, -0.05) is 41.4 Å². The van der Waals surface area contributed by atoms with Gasteiger partial charge in [0.25, 0.3) is 5.91 Å². The number of rotatable bonds is 3. The van der Waals surface area contributed by atoms with Gasteiger partial charge in [0.1, 0.15) is 0 Å². The Morgan fingerprint density at radius 3 is 2.48 bits per heavy atom. The Labute approximate surface area is 147 Å². The Kier molecular flexibility index (Phi) is 5.54. The van der Waals surface area contributed by atoms with E-state index < -0.39 is 11.9 Å². The van der Waals surface area contributed by atoms with Crippen molar-refractivity contribution in [3.8, 4) is 0 Å². The van der Waals surface area contributed by atoms with E-state index in [0.29, 0.717) is 5.69 Å². The largest absolute Gasteiger partial charge is 0.545 e. The third-order valence-corrected chi connectivity index (χ3v) is 3.80. The van der Waals surface area contributed by atoms with Crippen LogP contribution in [0, 0.1) is 0 Å². The highest BCUT2D eigenvalue weighted by Crippen LogP contribution is 2.25. The van der Waals surface area contributed by atoms with E-state index in [-0.39, 0.29) is 26.3 Å². The molecule has 2 rings (SSSR count). The van der Waals surface area contributed by atoms with Gasteiger partial charge in [-0.3, -0.25) is 10.1 Å². The Bertz CT molecular complexity index is 796. The molecule has 118 valence electrons. The van der Waals surface area contributed by atoms with Crippen LogP contribution < -0.4 is 15.7 Å². The summed E-state index contributed by atoms with van der Waals surface area (Å²) in [6, 6.07) is 10.5. The van der Waals surface area contributed by atoms with Crippen LogP contribution in [0.3, 0.4) is 0 Å². The lowest BCUT2D eigenvalue weighted by Gasteiger charge is -2.12. The predicted molar refractivity (Wildman–Crippen MR) is 90.9 cm³/mol. The summed E-state index contributed by atoms with van der Waals surface area (Å²) in [5.41, 5.74) is 0.558. The molecule has 0 heterocycles. The van der Waals surface area contributed by atoms with Crippen LogP contribution in [-0.2, 0) is 0 Å². The molecule has 2 N–H and O–H groups in total. The van der Waals surface area contributed by atoms with Gasteiger partial charge in [-0.25, -0.2) is 0 Å². The number of carboxylic acid groups (broad SMARTS) is 1. The van der Waals surface area contributed by atoms with Gasteiger partial charge in [0.15, 0.2) is 5.11 Å². The fourth-order valence-electron chi connectivity index (χ4n) is 1.74. The summed E-state index contributed by atoms with van der Waals surface area (Å²) < 4.78 is 0. The maximum absolute atomic E-state index is 12.1. The molecule has 0 atom stereocenters. The number of halogens is 2. The first kappa shape index (κ1) is 17.2. The first-order chi connectivity index (χ1) is 10.9. The molecule has 0 fully saturated rings. The number of carbonyl (C=O) groups excluding carboxylic acids is 2. The lowest BCUT2D eigenvalue weighted by atomic mass is 10.2. The van der Waals surface area contributed by atoms with E-state index in [1.807, 2.05) is 0 Å². The first-order valence-electron chi connectivity index (χ1n) is 6.26. The smallest absolute Gasteiger partial charge is 0.258 e. The fourth-order valence-corrected chi connectivity index (χ4v) is 2.33. The number of carboxylic acids is 1. The quantitative estimate of drug-likeness (QED) is 0.814. The number of nitrogens with one attached hydrogen (secondary N) is 2. The third kappa shape index (κ3) is 4.41. The van der Waals surface area contributed by atoms with Crippen molar-refractivity contribution in [2.75, 3.05) is 5.32 Å². The van der Waals surface area contributed by atoms with E-state index in [9.17, 15) is 14.7 Å². The number of thiocarbonyl (C=S) groups is 1. The van der Waals surface area contributed by atoms with Crippen LogP contribution in [0.4, 0.5) is 5.69 Å². The van der Waals surface area contributed by atoms with Crippen molar-refractivity contribution in [3.63, 3.8) is 0 Å². The van der Waals surface area contributed by atoms with Crippen molar-refractivity contribution >= 4 is 58.1 Å². The summed E-state index contributed by atoms with van der Waals surface area (Å²) >= 11 is 16.8. The van der Waals surface area contributed by atoms with Gasteiger partial charge in [-0.2, -0.15) is 0 Å². The number of aromatic carboxylic acids is 1. The second kappa shape index (κ2) is 7.41. The molecule has 0 aromatic heterocycles. The SMILES string of the molecule is O=C([O-])c1cccc(NC(=S)NC(=O)c2cccc(Cl)c2Cl)c1. The fraction of sp³-hybridized carbons (Fsp3) is 0. The zero-order valence-corrected chi connectivity index (χ0v) is 13.8. The number of anilines is 1. The first-order valence-corrected chi connectivity index (χ1v) is 7.42. The Morgan fingerprint density at radius 1 is 1.09 bits per heavy atom. The minimum Gasteiger partial charge on any atom is -0.545 e. The van der Waals surface area contributed by atoms with Crippen molar-refractivity contribution in [1.29, 1.82) is 0 Å². The molecule has 0 unspecified atom stereocenters. The van der Waals surface area contributed by atoms with E-state index in [0.717, 1.165) is 0 Å². The molecule has 0 aliphatic rings. The molecular formula is C15H9Cl2N2O3S-. The average molecular weight is 368 g/mol. The topological polar surface area (TPSA) is 81.3 Å². The van der Waals surface area contributed by atoms with Crippen LogP contribution in [0.5, 0.6) is 0 Å². The highest BCUT2D eigenvalue weighted by atomic mass is 35.5. The monoisotopic (exact) mass is 367 g/mol. The van der Waals surface area contributed by atoms with E-state index >= 15 is 0 Å². The minimum absolute atomic E-state index is 0.0120. The third-order valence-electron chi connectivity index (χ3n) is 2.78. The second-order valence-electron chi connectivity index (χ2n) is 4.38. The van der Waals surface area contributed by atoms with Gasteiger partial charge in [0.2, 0.25) is 0 Å². The van der Waals surface area contributed by atoms with Crippen LogP contribution in [0.15, 0.2) is 42.5 Å². The molecule has 2 aromatic carbocycles. The van der Waals surface area contributed by atoms with Gasteiger partial charge < -0.3 is 15.2 Å². The average Bonchev–Trinajstić information content (AvgIpc) is 2.50. The highest BCUT2D eigenvalue weighted by Gasteiger charge is 2.13. The van der Waals surface area contributed by atoms with E-state index in [1.54, 1.807) is 18.2 Å². The van der Waals surface area contributed by atoms with Crippen molar-refractivity contribution in [2.45, 2.75) is 0 Å². The van der Waals surface area contributed by atoms with E-state index in [4.69, 9.17) is 35.4 Å². The molecule has 0 spiro atoms. The molecule has 8 heteroatoms. The molecule has 23 heavy (non-hydrogen) atoms. The predicted octanol–water partition coefficient (Wildman–Crippen LogP) is 2.48. The zero-order valence-electron chi connectivity index (χ0n) is 11.4. The normalized spacial score (nSPS) is 10.0. The van der Waals surface area contributed by atoms with Crippen LogP contribution >= 0.6 is 35.4 Å². The van der Waals surface area contributed by atoms with Crippen LogP contribution in [0.2, 0.25) is 10.0 Å². The van der Waals surface area contributed by atoms with Gasteiger partial charge in [-0.05, 0) is 42.0 Å². The molecule has 0 radical (unpaired) electrons. The number of carbonyl (C=O) groups is 2. The molecule has 0 aliphatic heterocycles. The standard InChI is InChI=1S/C15H10Cl2N2O3S/c16-11-6-2-5-10(12(11)17)13(20)19-15(23)18-9-4-1-3-8(7-9)14(21)22/h1-7H,(H,21,22)(H2,18,19,20,23)/p-1. The molecule has 2 aromatic rings. The van der Waals surface area contributed by atoms with Gasteiger partial charge >= 0.3 is 0 Å². The molecule has 0 bridgehead atoms. The lowest BCUT2D eigenvalue weighted by Crippen LogP contribution is -2.34. The van der Waals surface area contributed by atoms with Crippen molar-refractivity contribution in [2.24, 2.45) is 0 Å². The molecule has 1 amide bonds.